The van der Waals surface area contributed by atoms with Gasteiger partial charge in [0.2, 0.25) is 0 Å². The van der Waals surface area contributed by atoms with Crippen molar-refractivity contribution in [2.75, 3.05) is 23.3 Å². The Kier molecular flexibility index (Phi) is 3.74. The van der Waals surface area contributed by atoms with Crippen LogP contribution in [0.2, 0.25) is 0 Å². The molecule has 0 fully saturated rings. The molecule has 1 amide bonds. The second kappa shape index (κ2) is 6.35. The lowest BCUT2D eigenvalue weighted by Crippen LogP contribution is -2.44. The number of carbonyl (C=O) groups is 1. The third-order valence-corrected chi connectivity index (χ3v) is 7.31. The zero-order valence-electron chi connectivity index (χ0n) is 16.8. The molecule has 3 heteroatoms. The number of aryl methyl sites for hydroxylation is 1. The third-order valence-electron chi connectivity index (χ3n) is 7.31. The van der Waals surface area contributed by atoms with Crippen LogP contribution in [0.15, 0.2) is 60.7 Å². The highest BCUT2D eigenvalue weighted by Gasteiger charge is 2.43. The topological polar surface area (TPSA) is 32.3 Å². The highest BCUT2D eigenvalue weighted by Crippen LogP contribution is 2.54. The molecule has 0 saturated heterocycles. The van der Waals surface area contributed by atoms with Crippen LogP contribution in [-0.4, -0.2) is 19.0 Å². The monoisotopic (exact) mass is 382 g/mol. The molecule has 6 rings (SSSR count). The Balaban J connectivity index is 1.45. The predicted molar refractivity (Wildman–Crippen MR) is 118 cm³/mol. The second-order valence-electron chi connectivity index (χ2n) is 9.09. The Morgan fingerprint density at radius 1 is 0.931 bits per heavy atom. The number of anilines is 2. The summed E-state index contributed by atoms with van der Waals surface area (Å²) in [6, 6.07) is 12.2. The number of rotatable bonds is 2. The van der Waals surface area contributed by atoms with Crippen LogP contribution in [0, 0.1) is 18.8 Å². The molecular weight excluding hydrogens is 356 g/mol. The van der Waals surface area contributed by atoms with Crippen LogP contribution in [0.4, 0.5) is 11.4 Å². The minimum absolute atomic E-state index is 0.0219. The van der Waals surface area contributed by atoms with E-state index in [1.165, 1.54) is 28.8 Å². The van der Waals surface area contributed by atoms with Gasteiger partial charge in [-0.1, -0.05) is 48.1 Å². The number of carbonyl (C=O) groups excluding carboxylic acids is 1. The lowest BCUT2D eigenvalue weighted by Gasteiger charge is -2.46. The first-order valence-electron chi connectivity index (χ1n) is 10.8. The van der Waals surface area contributed by atoms with Gasteiger partial charge in [-0.15, -0.1) is 0 Å². The molecule has 4 unspecified atom stereocenters. The minimum Gasteiger partial charge on any atom is -0.370 e. The van der Waals surface area contributed by atoms with Crippen molar-refractivity contribution in [1.82, 2.24) is 0 Å². The number of amides is 1. The fourth-order valence-electron chi connectivity index (χ4n) is 5.89. The Hall–Kier alpha value is -2.81. The SMILES string of the molecule is Cc1ccc(C(=O)Nc2ccc3c4c2C2C=CCC2CN4CC2CC=CC32)cc1. The normalized spacial score (nSPS) is 28.1. The molecule has 146 valence electrons. The second-order valence-corrected chi connectivity index (χ2v) is 9.09. The van der Waals surface area contributed by atoms with Gasteiger partial charge in [-0.25, -0.2) is 0 Å². The highest BCUT2D eigenvalue weighted by molar-refractivity contribution is 6.05. The number of nitrogens with one attached hydrogen (secondary N) is 1. The number of benzene rings is 2. The van der Waals surface area contributed by atoms with Crippen molar-refractivity contribution in [3.8, 4) is 0 Å². The number of allylic oxidation sites excluding steroid dienone is 4. The number of fused-ring (bicyclic) bond motifs is 4. The molecule has 29 heavy (non-hydrogen) atoms. The summed E-state index contributed by atoms with van der Waals surface area (Å²) in [5.74, 6) is 2.25. The quantitative estimate of drug-likeness (QED) is 0.705. The van der Waals surface area contributed by atoms with E-state index in [1.807, 2.05) is 31.2 Å². The van der Waals surface area contributed by atoms with Gasteiger partial charge in [-0.05, 0) is 55.4 Å². The summed E-state index contributed by atoms with van der Waals surface area (Å²) in [5.41, 5.74) is 7.06. The molecule has 0 radical (unpaired) electrons. The number of hydrogen-bond donors (Lipinski definition) is 1. The molecule has 2 aliphatic carbocycles. The van der Waals surface area contributed by atoms with Crippen molar-refractivity contribution >= 4 is 17.3 Å². The first-order chi connectivity index (χ1) is 14.2. The van der Waals surface area contributed by atoms with Crippen LogP contribution in [0.5, 0.6) is 0 Å². The molecule has 0 saturated carbocycles. The fourth-order valence-corrected chi connectivity index (χ4v) is 5.89. The zero-order chi connectivity index (χ0) is 19.5. The Labute approximate surface area is 172 Å². The van der Waals surface area contributed by atoms with Crippen molar-refractivity contribution in [3.05, 3.63) is 83.0 Å². The van der Waals surface area contributed by atoms with Gasteiger partial charge in [-0.2, -0.15) is 0 Å². The van der Waals surface area contributed by atoms with E-state index in [9.17, 15) is 4.79 Å². The maximum absolute atomic E-state index is 13.0. The van der Waals surface area contributed by atoms with Crippen LogP contribution in [0.1, 0.15) is 51.7 Å². The van der Waals surface area contributed by atoms with Gasteiger partial charge < -0.3 is 10.2 Å². The molecule has 2 aliphatic heterocycles. The first-order valence-corrected chi connectivity index (χ1v) is 10.8. The molecule has 1 N–H and O–H groups in total. The first kappa shape index (κ1) is 17.1. The zero-order valence-corrected chi connectivity index (χ0v) is 16.8. The van der Waals surface area contributed by atoms with Crippen LogP contribution in [0.3, 0.4) is 0 Å². The molecule has 0 spiro atoms. The van der Waals surface area contributed by atoms with E-state index in [1.54, 1.807) is 0 Å². The van der Waals surface area contributed by atoms with Crippen LogP contribution < -0.4 is 10.2 Å². The molecule has 2 heterocycles. The van der Waals surface area contributed by atoms with Gasteiger partial charge in [0, 0.05) is 47.4 Å². The van der Waals surface area contributed by atoms with E-state index >= 15 is 0 Å². The van der Waals surface area contributed by atoms with Gasteiger partial charge in [0.1, 0.15) is 0 Å². The molecule has 4 aliphatic rings. The van der Waals surface area contributed by atoms with Gasteiger partial charge in [0.25, 0.3) is 5.91 Å². The molecule has 2 aromatic rings. The summed E-state index contributed by atoms with van der Waals surface area (Å²) in [6.07, 6.45) is 11.8. The van der Waals surface area contributed by atoms with E-state index in [0.29, 0.717) is 29.2 Å². The van der Waals surface area contributed by atoms with Crippen LogP contribution in [0.25, 0.3) is 0 Å². The Morgan fingerprint density at radius 2 is 1.62 bits per heavy atom. The molecule has 0 bridgehead atoms. The van der Waals surface area contributed by atoms with E-state index in [-0.39, 0.29) is 5.91 Å². The highest BCUT2D eigenvalue weighted by atomic mass is 16.1. The molecular formula is C26H26N2O. The van der Waals surface area contributed by atoms with Gasteiger partial charge >= 0.3 is 0 Å². The minimum atomic E-state index is -0.0219. The lowest BCUT2D eigenvalue weighted by atomic mass is 9.74. The Morgan fingerprint density at radius 3 is 2.38 bits per heavy atom. The standard InChI is InChI=1S/C26H26N2O/c1-16-8-10-17(11-9-16)26(29)27-23-13-12-22-20-6-2-4-18(20)14-28-15-19-5-3-7-21(19)24(23)25(22)28/h2-3,6-13,18-21H,4-5,14-15H2,1H3,(H,27,29). The van der Waals surface area contributed by atoms with E-state index in [0.717, 1.165) is 25.2 Å². The van der Waals surface area contributed by atoms with Crippen molar-refractivity contribution < 1.29 is 4.79 Å². The summed E-state index contributed by atoms with van der Waals surface area (Å²) >= 11 is 0. The van der Waals surface area contributed by atoms with E-state index < -0.39 is 0 Å². The summed E-state index contributed by atoms with van der Waals surface area (Å²) < 4.78 is 0. The summed E-state index contributed by atoms with van der Waals surface area (Å²) in [5, 5.41) is 3.26. The molecule has 0 aromatic heterocycles. The maximum Gasteiger partial charge on any atom is 0.255 e. The lowest BCUT2D eigenvalue weighted by molar-refractivity contribution is 0.102. The average Bonchev–Trinajstić information content (AvgIpc) is 3.38. The van der Waals surface area contributed by atoms with E-state index in [4.69, 9.17) is 0 Å². The van der Waals surface area contributed by atoms with Gasteiger partial charge in [-0.3, -0.25) is 4.79 Å². The summed E-state index contributed by atoms with van der Waals surface area (Å²) in [7, 11) is 0. The summed E-state index contributed by atoms with van der Waals surface area (Å²) in [4.78, 5) is 15.6. The van der Waals surface area contributed by atoms with Crippen molar-refractivity contribution in [1.29, 1.82) is 0 Å². The molecule has 3 nitrogen and oxygen atoms in total. The maximum atomic E-state index is 13.0. The number of hydrogen-bond acceptors (Lipinski definition) is 2. The fraction of sp³-hybridized carbons (Fsp3) is 0.346. The van der Waals surface area contributed by atoms with Crippen molar-refractivity contribution in [2.24, 2.45) is 11.8 Å². The van der Waals surface area contributed by atoms with Crippen molar-refractivity contribution in [3.63, 3.8) is 0 Å². The number of nitrogens with zero attached hydrogens (tertiary/aromatic N) is 1. The van der Waals surface area contributed by atoms with Crippen molar-refractivity contribution in [2.45, 2.75) is 31.6 Å². The predicted octanol–water partition coefficient (Wildman–Crippen LogP) is 5.40. The van der Waals surface area contributed by atoms with Gasteiger partial charge in [0.05, 0.1) is 0 Å². The smallest absolute Gasteiger partial charge is 0.255 e. The van der Waals surface area contributed by atoms with E-state index in [2.05, 4.69) is 46.7 Å². The van der Waals surface area contributed by atoms with Gasteiger partial charge in [0.15, 0.2) is 0 Å². The van der Waals surface area contributed by atoms with Crippen LogP contribution >= 0.6 is 0 Å². The average molecular weight is 383 g/mol. The summed E-state index contributed by atoms with van der Waals surface area (Å²) in [6.45, 7) is 4.31. The molecule has 4 atom stereocenters. The largest absolute Gasteiger partial charge is 0.370 e. The van der Waals surface area contributed by atoms with Crippen LogP contribution in [-0.2, 0) is 0 Å². The third kappa shape index (κ3) is 2.60. The Bertz CT molecular complexity index is 1050. The molecule has 2 aromatic carbocycles.